The smallest absolute Gasteiger partial charge is 0.164 e. The molecule has 8 aromatic carbocycles. The minimum atomic E-state index is -0.441. The summed E-state index contributed by atoms with van der Waals surface area (Å²) >= 11 is 3.82. The van der Waals surface area contributed by atoms with Gasteiger partial charge in [-0.1, -0.05) is 174 Å². The summed E-state index contributed by atoms with van der Waals surface area (Å²) in [6, 6.07) is 67.4. The predicted octanol–water partition coefficient (Wildman–Crippen LogP) is 13.1. The van der Waals surface area contributed by atoms with Crippen molar-refractivity contribution in [2.75, 3.05) is 0 Å². The number of nitrogens with zero attached hydrogens (tertiary/aromatic N) is 4. The third-order valence-corrected chi connectivity index (χ3v) is 12.4. The molecule has 2 aliphatic rings. The van der Waals surface area contributed by atoms with Crippen molar-refractivity contribution in [3.05, 3.63) is 215 Å². The first-order valence-corrected chi connectivity index (χ1v) is 20.0. The van der Waals surface area contributed by atoms with Crippen molar-refractivity contribution < 1.29 is 0 Å². The fourth-order valence-electron chi connectivity index (χ4n) is 9.64. The van der Waals surface area contributed by atoms with Gasteiger partial charge >= 0.3 is 0 Å². The van der Waals surface area contributed by atoms with Crippen LogP contribution in [0.5, 0.6) is 0 Å². The molecule has 0 aliphatic heterocycles. The number of hydrogen-bond donors (Lipinski definition) is 0. The lowest BCUT2D eigenvalue weighted by Crippen LogP contribution is -2.25. The van der Waals surface area contributed by atoms with E-state index < -0.39 is 5.41 Å². The molecule has 0 saturated carbocycles. The molecular formula is C52H31BrN4. The molecule has 57 heavy (non-hydrogen) atoms. The van der Waals surface area contributed by atoms with Crippen molar-refractivity contribution in [3.8, 4) is 62.1 Å². The second kappa shape index (κ2) is 12.3. The summed E-state index contributed by atoms with van der Waals surface area (Å²) in [7, 11) is 0. The van der Waals surface area contributed by atoms with Gasteiger partial charge in [-0.2, -0.15) is 0 Å². The molecule has 0 bridgehead atoms. The van der Waals surface area contributed by atoms with Crippen LogP contribution in [-0.4, -0.2) is 19.5 Å². The van der Waals surface area contributed by atoms with Crippen LogP contribution in [0, 0.1) is 0 Å². The SMILES string of the molecule is Brc1ccc2c(c1)c1ccc3c(c1n2-c1cccc(-c2nc(-c4ccccc4)nc(-c4ccccc4)n2)c1)-c1ccccc1C31c2ccccc2-c2ccccc21. The number of benzene rings is 8. The average molecular weight is 792 g/mol. The van der Waals surface area contributed by atoms with Gasteiger partial charge in [0.25, 0.3) is 0 Å². The molecule has 2 heterocycles. The van der Waals surface area contributed by atoms with E-state index in [-0.39, 0.29) is 0 Å². The summed E-state index contributed by atoms with van der Waals surface area (Å²) in [6.45, 7) is 0. The van der Waals surface area contributed by atoms with Crippen molar-refractivity contribution in [2.24, 2.45) is 0 Å². The highest BCUT2D eigenvalue weighted by Crippen LogP contribution is 2.64. The molecule has 0 radical (unpaired) electrons. The summed E-state index contributed by atoms with van der Waals surface area (Å²) in [4.78, 5) is 15.2. The molecule has 12 rings (SSSR count). The first-order valence-electron chi connectivity index (χ1n) is 19.2. The zero-order valence-corrected chi connectivity index (χ0v) is 32.2. The van der Waals surface area contributed by atoms with E-state index in [9.17, 15) is 0 Å². The molecule has 10 aromatic rings. The second-order valence-electron chi connectivity index (χ2n) is 14.9. The Labute approximate surface area is 337 Å². The molecule has 0 N–H and O–H groups in total. The molecule has 0 fully saturated rings. The van der Waals surface area contributed by atoms with E-state index in [0.717, 1.165) is 32.4 Å². The maximum atomic E-state index is 5.10. The Balaban J connectivity index is 1.15. The maximum absolute atomic E-state index is 5.10. The van der Waals surface area contributed by atoms with E-state index in [4.69, 9.17) is 15.0 Å². The quantitative estimate of drug-likeness (QED) is 0.178. The van der Waals surface area contributed by atoms with Gasteiger partial charge in [0.1, 0.15) is 0 Å². The summed E-state index contributed by atoms with van der Waals surface area (Å²) in [5, 5.41) is 2.40. The number of hydrogen-bond acceptors (Lipinski definition) is 3. The molecule has 2 aromatic heterocycles. The first-order chi connectivity index (χ1) is 28.2. The van der Waals surface area contributed by atoms with Gasteiger partial charge in [-0.3, -0.25) is 0 Å². The summed E-state index contributed by atoms with van der Waals surface area (Å²) in [5.74, 6) is 1.91. The summed E-state index contributed by atoms with van der Waals surface area (Å²) in [6.07, 6.45) is 0. The number of halogens is 1. The van der Waals surface area contributed by atoms with Crippen molar-refractivity contribution in [1.29, 1.82) is 0 Å². The largest absolute Gasteiger partial charge is 0.309 e. The Morgan fingerprint density at radius 1 is 0.404 bits per heavy atom. The number of fused-ring (bicyclic) bond motifs is 14. The highest BCUT2D eigenvalue weighted by Gasteiger charge is 2.52. The van der Waals surface area contributed by atoms with Crippen LogP contribution in [0.15, 0.2) is 193 Å². The van der Waals surface area contributed by atoms with Crippen molar-refractivity contribution in [2.45, 2.75) is 5.41 Å². The van der Waals surface area contributed by atoms with Gasteiger partial charge in [0.05, 0.1) is 16.4 Å². The van der Waals surface area contributed by atoms with Gasteiger partial charge in [0, 0.05) is 43.2 Å². The monoisotopic (exact) mass is 790 g/mol. The van der Waals surface area contributed by atoms with Crippen molar-refractivity contribution >= 4 is 37.7 Å². The molecule has 266 valence electrons. The van der Waals surface area contributed by atoms with Crippen LogP contribution in [0.2, 0.25) is 0 Å². The highest BCUT2D eigenvalue weighted by atomic mass is 79.9. The third-order valence-electron chi connectivity index (χ3n) is 11.9. The van der Waals surface area contributed by atoms with Gasteiger partial charge in [-0.05, 0) is 69.3 Å². The third kappa shape index (κ3) is 4.58. The van der Waals surface area contributed by atoms with Crippen LogP contribution in [0.3, 0.4) is 0 Å². The second-order valence-corrected chi connectivity index (χ2v) is 15.8. The van der Waals surface area contributed by atoms with E-state index in [1.165, 1.54) is 60.8 Å². The molecule has 0 unspecified atom stereocenters. The lowest BCUT2D eigenvalue weighted by atomic mass is 9.70. The predicted molar refractivity (Wildman–Crippen MR) is 234 cm³/mol. The molecule has 0 atom stereocenters. The molecule has 0 saturated heterocycles. The standard InChI is InChI=1S/C52H31BrN4/c53-35-26-29-46-41(31-35)39-27-28-45-47(40-22-9-12-25-44(40)52(45)42-23-10-7-20-37(42)38-21-8-11-24-43(38)52)48(39)57(46)36-19-13-18-34(30-36)51-55-49(32-14-3-1-4-15-32)54-50(56-51)33-16-5-2-6-17-33/h1-31H. The molecular weight excluding hydrogens is 761 g/mol. The molecule has 5 heteroatoms. The number of rotatable bonds is 4. The van der Waals surface area contributed by atoms with Crippen LogP contribution < -0.4 is 0 Å². The lowest BCUT2D eigenvalue weighted by molar-refractivity contribution is 0.794. The van der Waals surface area contributed by atoms with E-state index in [1.54, 1.807) is 0 Å². The van der Waals surface area contributed by atoms with Gasteiger partial charge in [-0.15, -0.1) is 0 Å². The van der Waals surface area contributed by atoms with Crippen LogP contribution in [0.1, 0.15) is 22.3 Å². The van der Waals surface area contributed by atoms with E-state index in [2.05, 4.69) is 148 Å². The normalized spacial score (nSPS) is 13.1. The van der Waals surface area contributed by atoms with Crippen molar-refractivity contribution in [3.63, 3.8) is 0 Å². The molecule has 0 amide bonds. The Morgan fingerprint density at radius 2 is 0.930 bits per heavy atom. The van der Waals surface area contributed by atoms with Gasteiger partial charge in [0.15, 0.2) is 17.5 Å². The maximum Gasteiger partial charge on any atom is 0.164 e. The Bertz CT molecular complexity index is 3150. The van der Waals surface area contributed by atoms with Crippen molar-refractivity contribution in [1.82, 2.24) is 19.5 Å². The van der Waals surface area contributed by atoms with Gasteiger partial charge in [0.2, 0.25) is 0 Å². The fraction of sp³-hybridized carbons (Fsp3) is 0.0192. The zero-order valence-electron chi connectivity index (χ0n) is 30.6. The van der Waals surface area contributed by atoms with Crippen LogP contribution in [-0.2, 0) is 5.41 Å². The highest BCUT2D eigenvalue weighted by molar-refractivity contribution is 9.10. The molecule has 2 aliphatic carbocycles. The van der Waals surface area contributed by atoms with E-state index in [0.29, 0.717) is 17.5 Å². The zero-order chi connectivity index (χ0) is 37.7. The van der Waals surface area contributed by atoms with Gasteiger partial charge in [-0.25, -0.2) is 15.0 Å². The average Bonchev–Trinajstić information content (AvgIpc) is 3.88. The van der Waals surface area contributed by atoms with E-state index >= 15 is 0 Å². The summed E-state index contributed by atoms with van der Waals surface area (Å²) < 4.78 is 3.50. The minimum absolute atomic E-state index is 0.441. The first kappa shape index (κ1) is 32.3. The Kier molecular flexibility index (Phi) is 6.96. The van der Waals surface area contributed by atoms with Gasteiger partial charge < -0.3 is 4.57 Å². The Hall–Kier alpha value is -6.95. The van der Waals surface area contributed by atoms with E-state index in [1.807, 2.05) is 60.7 Å². The van der Waals surface area contributed by atoms with Crippen LogP contribution in [0.4, 0.5) is 0 Å². The molecule has 1 spiro atoms. The number of aromatic nitrogens is 4. The molecule has 4 nitrogen and oxygen atoms in total. The lowest BCUT2D eigenvalue weighted by Gasteiger charge is -2.30. The minimum Gasteiger partial charge on any atom is -0.309 e. The van der Waals surface area contributed by atoms with Crippen LogP contribution >= 0.6 is 15.9 Å². The Morgan fingerprint density at radius 3 is 1.56 bits per heavy atom. The van der Waals surface area contributed by atoms with Crippen LogP contribution in [0.25, 0.3) is 83.9 Å². The summed E-state index contributed by atoms with van der Waals surface area (Å²) in [5.41, 5.74) is 16.2. The topological polar surface area (TPSA) is 43.6 Å². The fourth-order valence-corrected chi connectivity index (χ4v) is 10.0.